The third kappa shape index (κ3) is 3.07. The molecule has 2 heteroatoms. The van der Waals surface area contributed by atoms with E-state index in [0.717, 1.165) is 12.4 Å². The number of halogens is 1. The van der Waals surface area contributed by atoms with Crippen LogP contribution in [-0.2, 0) is 6.54 Å². The van der Waals surface area contributed by atoms with Crippen molar-refractivity contribution >= 4 is 11.6 Å². The van der Waals surface area contributed by atoms with Crippen molar-refractivity contribution in [1.82, 2.24) is 4.90 Å². The molecule has 1 unspecified atom stereocenters. The summed E-state index contributed by atoms with van der Waals surface area (Å²) >= 11 is 6.10. The van der Waals surface area contributed by atoms with Crippen LogP contribution in [0.15, 0.2) is 12.1 Å². The Balaban J connectivity index is 2.17. The first kappa shape index (κ1) is 13.9. The van der Waals surface area contributed by atoms with E-state index in [4.69, 9.17) is 11.6 Å². The zero-order valence-corrected chi connectivity index (χ0v) is 12.6. The summed E-state index contributed by atoms with van der Waals surface area (Å²) in [5.41, 5.74) is 5.71. The molecular weight excluding hydrogens is 242 g/mol. The maximum absolute atomic E-state index is 6.10. The van der Waals surface area contributed by atoms with Crippen LogP contribution in [0.4, 0.5) is 0 Å². The summed E-state index contributed by atoms with van der Waals surface area (Å²) in [5, 5.41) is 0. The molecule has 0 N–H and O–H groups in total. The van der Waals surface area contributed by atoms with Gasteiger partial charge in [-0.1, -0.05) is 24.1 Å². The molecule has 1 aliphatic heterocycles. The minimum Gasteiger partial charge on any atom is -0.295 e. The maximum Gasteiger partial charge on any atom is 0.0379 e. The van der Waals surface area contributed by atoms with Crippen LogP contribution in [0.3, 0.4) is 0 Å². The second-order valence-electron chi connectivity index (χ2n) is 5.65. The van der Waals surface area contributed by atoms with E-state index in [1.165, 1.54) is 48.1 Å². The summed E-state index contributed by atoms with van der Waals surface area (Å²) in [6.07, 6.45) is 3.91. The Hall–Kier alpha value is -0.530. The van der Waals surface area contributed by atoms with Gasteiger partial charge in [-0.2, -0.15) is 0 Å². The molecular formula is C16H24ClN. The normalized spacial score (nSPS) is 21.2. The van der Waals surface area contributed by atoms with Crippen LogP contribution >= 0.6 is 11.6 Å². The largest absolute Gasteiger partial charge is 0.295 e. The molecule has 0 amide bonds. The number of benzene rings is 1. The molecule has 1 nitrogen and oxygen atoms in total. The quantitative estimate of drug-likeness (QED) is 0.740. The van der Waals surface area contributed by atoms with Crippen LogP contribution in [-0.4, -0.2) is 23.4 Å². The van der Waals surface area contributed by atoms with E-state index in [1.807, 2.05) is 0 Å². The van der Waals surface area contributed by atoms with Gasteiger partial charge in [-0.25, -0.2) is 0 Å². The summed E-state index contributed by atoms with van der Waals surface area (Å²) in [5.74, 6) is 0.768. The molecule has 0 aliphatic carbocycles. The maximum atomic E-state index is 6.10. The smallest absolute Gasteiger partial charge is 0.0379 e. The molecule has 0 spiro atoms. The zero-order chi connectivity index (χ0) is 13.1. The first-order valence-electron chi connectivity index (χ1n) is 6.98. The molecule has 1 aliphatic rings. The van der Waals surface area contributed by atoms with Gasteiger partial charge in [0.1, 0.15) is 0 Å². The lowest BCUT2D eigenvalue weighted by atomic mass is 9.97. The van der Waals surface area contributed by atoms with Gasteiger partial charge in [-0.3, -0.25) is 4.90 Å². The monoisotopic (exact) mass is 265 g/mol. The van der Waals surface area contributed by atoms with E-state index in [0.29, 0.717) is 6.04 Å². The minimum absolute atomic E-state index is 0.570. The van der Waals surface area contributed by atoms with Gasteiger partial charge >= 0.3 is 0 Å². The fourth-order valence-electron chi connectivity index (χ4n) is 3.11. The summed E-state index contributed by atoms with van der Waals surface area (Å²) in [6.45, 7) is 8.90. The third-order valence-corrected chi connectivity index (χ3v) is 4.48. The van der Waals surface area contributed by atoms with Crippen LogP contribution in [0.25, 0.3) is 0 Å². The van der Waals surface area contributed by atoms with Crippen LogP contribution in [0, 0.1) is 20.8 Å². The van der Waals surface area contributed by atoms with Crippen molar-refractivity contribution in [3.05, 3.63) is 34.4 Å². The number of hydrogen-bond acceptors (Lipinski definition) is 1. The molecule has 0 aromatic heterocycles. The summed E-state index contributed by atoms with van der Waals surface area (Å²) < 4.78 is 0. The zero-order valence-electron chi connectivity index (χ0n) is 11.8. The number of nitrogens with zero attached hydrogens (tertiary/aromatic N) is 1. The summed E-state index contributed by atoms with van der Waals surface area (Å²) in [7, 11) is 0. The Bertz CT molecular complexity index is 391. The lowest BCUT2D eigenvalue weighted by Gasteiger charge is -2.35. The Morgan fingerprint density at radius 3 is 2.44 bits per heavy atom. The molecule has 1 heterocycles. The van der Waals surface area contributed by atoms with E-state index in [9.17, 15) is 0 Å². The Labute approximate surface area is 116 Å². The third-order valence-electron chi connectivity index (χ3n) is 4.13. The number of rotatable bonds is 3. The number of piperidine rings is 1. The predicted molar refractivity (Wildman–Crippen MR) is 79.4 cm³/mol. The molecule has 1 fully saturated rings. The van der Waals surface area contributed by atoms with E-state index in [2.05, 4.69) is 37.8 Å². The second kappa shape index (κ2) is 6.08. The summed E-state index contributed by atoms with van der Waals surface area (Å²) in [4.78, 5) is 2.57. The average molecular weight is 266 g/mol. The van der Waals surface area contributed by atoms with Gasteiger partial charge in [-0.15, -0.1) is 11.6 Å². The van der Waals surface area contributed by atoms with Crippen LogP contribution in [0.5, 0.6) is 0 Å². The van der Waals surface area contributed by atoms with Crippen molar-refractivity contribution in [1.29, 1.82) is 0 Å². The molecule has 100 valence electrons. The average Bonchev–Trinajstić information content (AvgIpc) is 2.34. The molecule has 0 radical (unpaired) electrons. The topological polar surface area (TPSA) is 3.24 Å². The Morgan fingerprint density at radius 1 is 1.17 bits per heavy atom. The predicted octanol–water partition coefficient (Wildman–Crippen LogP) is 4.21. The van der Waals surface area contributed by atoms with Crippen molar-refractivity contribution in [2.45, 2.75) is 52.6 Å². The SMILES string of the molecule is Cc1cc(C)c(CN2CCCCC2CCl)c(C)c1. The number of likely N-dealkylation sites (tertiary alicyclic amines) is 1. The molecule has 1 aromatic rings. The van der Waals surface area contributed by atoms with Gasteiger partial charge in [0.05, 0.1) is 0 Å². The van der Waals surface area contributed by atoms with E-state index in [1.54, 1.807) is 0 Å². The van der Waals surface area contributed by atoms with Crippen LogP contribution < -0.4 is 0 Å². The highest BCUT2D eigenvalue weighted by molar-refractivity contribution is 6.18. The van der Waals surface area contributed by atoms with E-state index < -0.39 is 0 Å². The first-order chi connectivity index (χ1) is 8.61. The highest BCUT2D eigenvalue weighted by Crippen LogP contribution is 2.24. The molecule has 0 bridgehead atoms. The molecule has 0 saturated carbocycles. The Kier molecular flexibility index (Phi) is 4.69. The second-order valence-corrected chi connectivity index (χ2v) is 5.96. The first-order valence-corrected chi connectivity index (χ1v) is 7.52. The fourth-order valence-corrected chi connectivity index (χ4v) is 3.45. The summed E-state index contributed by atoms with van der Waals surface area (Å²) in [6, 6.07) is 5.16. The van der Waals surface area contributed by atoms with Gasteiger partial charge in [-0.05, 0) is 56.8 Å². The highest BCUT2D eigenvalue weighted by atomic mass is 35.5. The molecule has 1 atom stereocenters. The van der Waals surface area contributed by atoms with Crippen molar-refractivity contribution in [3.8, 4) is 0 Å². The number of hydrogen-bond donors (Lipinski definition) is 0. The standard InChI is InChI=1S/C16H24ClN/c1-12-8-13(2)16(14(3)9-12)11-18-7-5-4-6-15(18)10-17/h8-9,15H,4-7,10-11H2,1-3H3. The van der Waals surface area contributed by atoms with Crippen molar-refractivity contribution in [2.24, 2.45) is 0 Å². The minimum atomic E-state index is 0.570. The number of alkyl halides is 1. The molecule has 2 rings (SSSR count). The lowest BCUT2D eigenvalue weighted by Crippen LogP contribution is -2.40. The van der Waals surface area contributed by atoms with E-state index >= 15 is 0 Å². The van der Waals surface area contributed by atoms with Crippen molar-refractivity contribution < 1.29 is 0 Å². The molecule has 18 heavy (non-hydrogen) atoms. The Morgan fingerprint density at radius 2 is 1.83 bits per heavy atom. The van der Waals surface area contributed by atoms with Crippen LogP contribution in [0.2, 0.25) is 0 Å². The van der Waals surface area contributed by atoms with Crippen molar-refractivity contribution in [3.63, 3.8) is 0 Å². The van der Waals surface area contributed by atoms with Crippen LogP contribution in [0.1, 0.15) is 41.5 Å². The van der Waals surface area contributed by atoms with Gasteiger partial charge in [0.15, 0.2) is 0 Å². The van der Waals surface area contributed by atoms with Gasteiger partial charge in [0.2, 0.25) is 0 Å². The molecule has 1 aromatic carbocycles. The molecule has 1 saturated heterocycles. The van der Waals surface area contributed by atoms with Crippen molar-refractivity contribution in [2.75, 3.05) is 12.4 Å². The highest BCUT2D eigenvalue weighted by Gasteiger charge is 2.22. The lowest BCUT2D eigenvalue weighted by molar-refractivity contribution is 0.154. The van der Waals surface area contributed by atoms with Gasteiger partial charge in [0, 0.05) is 18.5 Å². The van der Waals surface area contributed by atoms with Gasteiger partial charge < -0.3 is 0 Å². The van der Waals surface area contributed by atoms with E-state index in [-0.39, 0.29) is 0 Å². The van der Waals surface area contributed by atoms with Gasteiger partial charge in [0.25, 0.3) is 0 Å². The fraction of sp³-hybridized carbons (Fsp3) is 0.625. The number of aryl methyl sites for hydroxylation is 3.